The standard InChI is InChI=1S/C12H13N3OS/c1-13-11(9-2-4-16-8-9)6-10-7-15-3-5-17-12(15)14-10/h2-5,7-8,11,13H,6H2,1H3. The Morgan fingerprint density at radius 2 is 2.53 bits per heavy atom. The summed E-state index contributed by atoms with van der Waals surface area (Å²) >= 11 is 1.65. The van der Waals surface area contributed by atoms with E-state index < -0.39 is 0 Å². The number of imidazole rings is 1. The summed E-state index contributed by atoms with van der Waals surface area (Å²) in [6.07, 6.45) is 8.45. The maximum atomic E-state index is 5.12. The first-order valence-electron chi connectivity index (χ1n) is 5.47. The van der Waals surface area contributed by atoms with Crippen molar-refractivity contribution < 1.29 is 4.42 Å². The molecule has 0 bridgehead atoms. The number of furan rings is 1. The summed E-state index contributed by atoms with van der Waals surface area (Å²) in [5.74, 6) is 0. The van der Waals surface area contributed by atoms with Crippen LogP contribution in [0.3, 0.4) is 0 Å². The summed E-state index contributed by atoms with van der Waals surface area (Å²) in [6, 6.07) is 2.23. The molecule has 1 unspecified atom stereocenters. The van der Waals surface area contributed by atoms with Gasteiger partial charge in [-0.1, -0.05) is 0 Å². The molecule has 3 rings (SSSR count). The Balaban J connectivity index is 1.83. The monoisotopic (exact) mass is 247 g/mol. The SMILES string of the molecule is CNC(Cc1cn2ccsc2n1)c1ccoc1. The zero-order chi connectivity index (χ0) is 11.7. The number of thiazole rings is 1. The van der Waals surface area contributed by atoms with E-state index in [1.807, 2.05) is 24.7 Å². The Hall–Kier alpha value is -1.59. The Bertz CT molecular complexity index is 568. The molecule has 0 saturated heterocycles. The molecule has 0 aliphatic rings. The van der Waals surface area contributed by atoms with Gasteiger partial charge < -0.3 is 9.73 Å². The van der Waals surface area contributed by atoms with Gasteiger partial charge in [0.05, 0.1) is 18.2 Å². The predicted octanol–water partition coefficient (Wildman–Crippen LogP) is 2.49. The van der Waals surface area contributed by atoms with Crippen LogP contribution in [0.15, 0.2) is 40.8 Å². The molecule has 0 fully saturated rings. The van der Waals surface area contributed by atoms with Crippen LogP contribution < -0.4 is 5.32 Å². The summed E-state index contributed by atoms with van der Waals surface area (Å²) in [7, 11) is 1.95. The first kappa shape index (κ1) is 10.6. The van der Waals surface area contributed by atoms with Gasteiger partial charge in [-0.2, -0.15) is 0 Å². The third-order valence-corrected chi connectivity index (χ3v) is 3.62. The minimum atomic E-state index is 0.248. The van der Waals surface area contributed by atoms with E-state index >= 15 is 0 Å². The van der Waals surface area contributed by atoms with Crippen molar-refractivity contribution in [3.63, 3.8) is 0 Å². The minimum Gasteiger partial charge on any atom is -0.472 e. The van der Waals surface area contributed by atoms with Crippen molar-refractivity contribution in [3.05, 3.63) is 47.6 Å². The lowest BCUT2D eigenvalue weighted by Crippen LogP contribution is -2.18. The Kier molecular flexibility index (Phi) is 2.70. The first-order chi connectivity index (χ1) is 8.36. The third-order valence-electron chi connectivity index (χ3n) is 2.85. The number of nitrogens with one attached hydrogen (secondary N) is 1. The van der Waals surface area contributed by atoms with Gasteiger partial charge in [-0.25, -0.2) is 4.98 Å². The highest BCUT2D eigenvalue weighted by Gasteiger charge is 2.13. The summed E-state index contributed by atoms with van der Waals surface area (Å²) in [5.41, 5.74) is 2.25. The molecule has 0 aliphatic heterocycles. The molecular weight excluding hydrogens is 234 g/mol. The van der Waals surface area contributed by atoms with Crippen molar-refractivity contribution >= 4 is 16.3 Å². The van der Waals surface area contributed by atoms with Crippen molar-refractivity contribution in [2.24, 2.45) is 0 Å². The van der Waals surface area contributed by atoms with E-state index in [0.717, 1.165) is 22.6 Å². The van der Waals surface area contributed by atoms with Gasteiger partial charge in [0.2, 0.25) is 0 Å². The van der Waals surface area contributed by atoms with Crippen LogP contribution in [0.4, 0.5) is 0 Å². The second-order valence-corrected chi connectivity index (χ2v) is 4.80. The predicted molar refractivity (Wildman–Crippen MR) is 67.3 cm³/mol. The zero-order valence-electron chi connectivity index (χ0n) is 9.46. The van der Waals surface area contributed by atoms with Gasteiger partial charge in [-0.15, -0.1) is 11.3 Å². The lowest BCUT2D eigenvalue weighted by molar-refractivity contribution is 0.540. The normalized spacial score (nSPS) is 13.2. The summed E-state index contributed by atoms with van der Waals surface area (Å²) in [4.78, 5) is 5.62. The lowest BCUT2D eigenvalue weighted by atomic mass is 10.1. The maximum absolute atomic E-state index is 5.12. The molecule has 1 N–H and O–H groups in total. The van der Waals surface area contributed by atoms with Crippen molar-refractivity contribution in [1.29, 1.82) is 0 Å². The molecule has 3 heterocycles. The number of rotatable bonds is 4. The molecule has 0 amide bonds. The van der Waals surface area contributed by atoms with Gasteiger partial charge >= 0.3 is 0 Å². The molecule has 17 heavy (non-hydrogen) atoms. The number of aromatic nitrogens is 2. The highest BCUT2D eigenvalue weighted by molar-refractivity contribution is 7.15. The van der Waals surface area contributed by atoms with Crippen LogP contribution in [0.2, 0.25) is 0 Å². The van der Waals surface area contributed by atoms with E-state index in [1.165, 1.54) is 0 Å². The number of likely N-dealkylation sites (N-methyl/N-ethyl adjacent to an activating group) is 1. The largest absolute Gasteiger partial charge is 0.472 e. The van der Waals surface area contributed by atoms with Crippen LogP contribution in [-0.2, 0) is 6.42 Å². The smallest absolute Gasteiger partial charge is 0.193 e. The highest BCUT2D eigenvalue weighted by atomic mass is 32.1. The average molecular weight is 247 g/mol. The molecule has 0 aromatic carbocycles. The molecule has 0 aliphatic carbocycles. The molecule has 0 radical (unpaired) electrons. The molecule has 3 aromatic heterocycles. The highest BCUT2D eigenvalue weighted by Crippen LogP contribution is 2.19. The minimum absolute atomic E-state index is 0.248. The summed E-state index contributed by atoms with van der Waals surface area (Å²) in [6.45, 7) is 0. The third kappa shape index (κ3) is 1.99. The van der Waals surface area contributed by atoms with Crippen molar-refractivity contribution in [1.82, 2.24) is 14.7 Å². The van der Waals surface area contributed by atoms with E-state index in [1.54, 1.807) is 23.9 Å². The fourth-order valence-corrected chi connectivity index (χ4v) is 2.66. The fraction of sp³-hybridized carbons (Fsp3) is 0.250. The summed E-state index contributed by atoms with van der Waals surface area (Å²) in [5, 5.41) is 5.32. The first-order valence-corrected chi connectivity index (χ1v) is 6.35. The Morgan fingerprint density at radius 1 is 1.59 bits per heavy atom. The number of hydrogen-bond donors (Lipinski definition) is 1. The van der Waals surface area contributed by atoms with Gasteiger partial charge in [0.25, 0.3) is 0 Å². The van der Waals surface area contributed by atoms with Crippen LogP contribution >= 0.6 is 11.3 Å². The van der Waals surface area contributed by atoms with E-state index in [4.69, 9.17) is 4.42 Å². The summed E-state index contributed by atoms with van der Waals surface area (Å²) < 4.78 is 7.17. The van der Waals surface area contributed by atoms with Gasteiger partial charge in [0.1, 0.15) is 0 Å². The van der Waals surface area contributed by atoms with Gasteiger partial charge in [0.15, 0.2) is 4.96 Å². The fourth-order valence-electron chi connectivity index (χ4n) is 1.94. The number of hydrogen-bond acceptors (Lipinski definition) is 4. The second kappa shape index (κ2) is 4.35. The molecule has 0 spiro atoms. The van der Waals surface area contributed by atoms with Crippen molar-refractivity contribution in [3.8, 4) is 0 Å². The quantitative estimate of drug-likeness (QED) is 0.770. The van der Waals surface area contributed by atoms with Crippen LogP contribution in [0.25, 0.3) is 4.96 Å². The topological polar surface area (TPSA) is 42.5 Å². The molecular formula is C12H13N3OS. The van der Waals surface area contributed by atoms with E-state index in [2.05, 4.69) is 20.9 Å². The van der Waals surface area contributed by atoms with Crippen LogP contribution in [0.5, 0.6) is 0 Å². The molecule has 0 saturated carbocycles. The van der Waals surface area contributed by atoms with Crippen LogP contribution in [0.1, 0.15) is 17.3 Å². The van der Waals surface area contributed by atoms with E-state index in [-0.39, 0.29) is 6.04 Å². The van der Waals surface area contributed by atoms with Gasteiger partial charge in [0, 0.05) is 35.8 Å². The molecule has 3 aromatic rings. The molecule has 88 valence electrons. The average Bonchev–Trinajstić information content (AvgIpc) is 3.01. The van der Waals surface area contributed by atoms with Crippen LogP contribution in [0, 0.1) is 0 Å². The zero-order valence-corrected chi connectivity index (χ0v) is 10.3. The van der Waals surface area contributed by atoms with Gasteiger partial charge in [-0.05, 0) is 13.1 Å². The number of nitrogens with zero attached hydrogens (tertiary/aromatic N) is 2. The second-order valence-electron chi connectivity index (χ2n) is 3.93. The van der Waals surface area contributed by atoms with E-state index in [9.17, 15) is 0 Å². The molecule has 4 nitrogen and oxygen atoms in total. The Morgan fingerprint density at radius 3 is 3.24 bits per heavy atom. The van der Waals surface area contributed by atoms with Crippen molar-refractivity contribution in [2.45, 2.75) is 12.5 Å². The lowest BCUT2D eigenvalue weighted by Gasteiger charge is -2.12. The Labute approximate surface area is 103 Å². The molecule has 1 atom stereocenters. The van der Waals surface area contributed by atoms with E-state index in [0.29, 0.717) is 0 Å². The maximum Gasteiger partial charge on any atom is 0.193 e. The van der Waals surface area contributed by atoms with Gasteiger partial charge in [-0.3, -0.25) is 4.40 Å². The molecule has 5 heteroatoms. The van der Waals surface area contributed by atoms with Crippen molar-refractivity contribution in [2.75, 3.05) is 7.05 Å². The number of fused-ring (bicyclic) bond motifs is 1. The van der Waals surface area contributed by atoms with Crippen LogP contribution in [-0.4, -0.2) is 16.4 Å².